The molecule has 4 aromatic rings. The number of thiocarbonyl (C=S) groups is 1. The molecule has 5 rings (SSSR count). The van der Waals surface area contributed by atoms with Gasteiger partial charge in [-0.25, -0.2) is 0 Å². The van der Waals surface area contributed by atoms with E-state index in [-0.39, 0.29) is 12.1 Å². The number of nitrogens with zero attached hydrogens (tertiary/aromatic N) is 3. The Morgan fingerprint density at radius 3 is 2.33 bits per heavy atom. The van der Waals surface area contributed by atoms with Crippen molar-refractivity contribution in [3.8, 4) is 5.69 Å². The Hall–Kier alpha value is -3.15. The van der Waals surface area contributed by atoms with E-state index in [1.54, 1.807) is 0 Å². The van der Waals surface area contributed by atoms with Crippen LogP contribution in [0.5, 0.6) is 0 Å². The monoisotopic (exact) mass is 430 g/mol. The van der Waals surface area contributed by atoms with E-state index in [0.29, 0.717) is 10.1 Å². The number of aromatic nitrogens is 2. The molecule has 0 bridgehead atoms. The van der Waals surface area contributed by atoms with Gasteiger partial charge in [0.1, 0.15) is 6.04 Å². The smallest absolute Gasteiger partial charge is 0.174 e. The zero-order valence-electron chi connectivity index (χ0n) is 16.0. The summed E-state index contributed by atoms with van der Waals surface area (Å²) in [5, 5.41) is 4.86. The molecule has 6 heteroatoms. The lowest BCUT2D eigenvalue weighted by molar-refractivity contribution is 0.549. The van der Waals surface area contributed by atoms with Crippen LogP contribution < -0.4 is 10.2 Å². The van der Waals surface area contributed by atoms with E-state index in [2.05, 4.69) is 50.2 Å². The normalized spacial score (nSPS) is 18.4. The van der Waals surface area contributed by atoms with Gasteiger partial charge in [0.2, 0.25) is 0 Å². The quantitative estimate of drug-likeness (QED) is 0.421. The van der Waals surface area contributed by atoms with Crippen LogP contribution in [0.15, 0.2) is 97.3 Å². The van der Waals surface area contributed by atoms with Crippen LogP contribution in [0, 0.1) is 0 Å². The molecule has 30 heavy (non-hydrogen) atoms. The van der Waals surface area contributed by atoms with Gasteiger partial charge in [0.25, 0.3) is 0 Å². The second-order valence-electron chi connectivity index (χ2n) is 7.11. The number of hydrogen-bond acceptors (Lipinski definition) is 2. The fraction of sp³-hybridized carbons (Fsp3) is 0.0833. The van der Waals surface area contributed by atoms with Gasteiger partial charge in [-0.05, 0) is 72.9 Å². The van der Waals surface area contributed by atoms with Gasteiger partial charge < -0.3 is 14.8 Å². The SMILES string of the molecule is S=C1N[C@@H](c2ccccn2)[C@H](c2cccn2-c2ccccc2)N1c1ccc(Cl)cc1. The Morgan fingerprint density at radius 2 is 1.60 bits per heavy atom. The third-order valence-electron chi connectivity index (χ3n) is 5.32. The number of halogens is 1. The zero-order valence-corrected chi connectivity index (χ0v) is 17.6. The van der Waals surface area contributed by atoms with Gasteiger partial charge in [0.05, 0.1) is 11.7 Å². The molecular formula is C24H19ClN4S. The maximum atomic E-state index is 6.14. The van der Waals surface area contributed by atoms with E-state index in [1.807, 2.05) is 66.9 Å². The first-order chi connectivity index (χ1) is 14.7. The molecule has 148 valence electrons. The fourth-order valence-corrected chi connectivity index (χ4v) is 4.47. The number of anilines is 1. The summed E-state index contributed by atoms with van der Waals surface area (Å²) in [5.74, 6) is 0. The molecule has 1 aliphatic rings. The predicted octanol–water partition coefficient (Wildman–Crippen LogP) is 5.70. The number of nitrogens with one attached hydrogen (secondary N) is 1. The third kappa shape index (κ3) is 3.36. The average molecular weight is 431 g/mol. The van der Waals surface area contributed by atoms with Crippen LogP contribution in [0.2, 0.25) is 5.02 Å². The summed E-state index contributed by atoms with van der Waals surface area (Å²) in [6, 6.07) is 28.1. The van der Waals surface area contributed by atoms with Crippen LogP contribution in [-0.4, -0.2) is 14.7 Å². The third-order valence-corrected chi connectivity index (χ3v) is 5.89. The van der Waals surface area contributed by atoms with E-state index in [0.717, 1.165) is 22.8 Å². The molecule has 1 saturated heterocycles. The van der Waals surface area contributed by atoms with Crippen molar-refractivity contribution in [1.29, 1.82) is 0 Å². The summed E-state index contributed by atoms with van der Waals surface area (Å²) in [5.41, 5.74) is 4.16. The average Bonchev–Trinajstić information content (AvgIpc) is 3.40. The molecule has 1 N–H and O–H groups in total. The largest absolute Gasteiger partial charge is 0.351 e. The second kappa shape index (κ2) is 7.94. The summed E-state index contributed by atoms with van der Waals surface area (Å²) in [6.45, 7) is 0. The maximum Gasteiger partial charge on any atom is 0.174 e. The molecule has 0 spiro atoms. The summed E-state index contributed by atoms with van der Waals surface area (Å²) >= 11 is 11.9. The van der Waals surface area contributed by atoms with E-state index >= 15 is 0 Å². The number of benzene rings is 2. The Morgan fingerprint density at radius 1 is 0.833 bits per heavy atom. The molecule has 4 nitrogen and oxygen atoms in total. The van der Waals surface area contributed by atoms with Gasteiger partial charge >= 0.3 is 0 Å². The molecule has 3 heterocycles. The lowest BCUT2D eigenvalue weighted by atomic mass is 10.0. The van der Waals surface area contributed by atoms with Gasteiger partial charge in [-0.2, -0.15) is 0 Å². The highest BCUT2D eigenvalue weighted by atomic mass is 35.5. The van der Waals surface area contributed by atoms with Gasteiger partial charge in [0, 0.05) is 34.5 Å². The molecular weight excluding hydrogens is 412 g/mol. The fourth-order valence-electron chi connectivity index (χ4n) is 3.99. The Bertz CT molecular complexity index is 1160. The van der Waals surface area contributed by atoms with Crippen LogP contribution in [-0.2, 0) is 0 Å². The molecule has 0 radical (unpaired) electrons. The van der Waals surface area contributed by atoms with Gasteiger partial charge in [0.15, 0.2) is 5.11 Å². The van der Waals surface area contributed by atoms with Crippen LogP contribution in [0.3, 0.4) is 0 Å². The van der Waals surface area contributed by atoms with Crippen molar-refractivity contribution in [2.24, 2.45) is 0 Å². The van der Waals surface area contributed by atoms with Crippen molar-refractivity contribution < 1.29 is 0 Å². The minimum absolute atomic E-state index is 0.0798. The first-order valence-corrected chi connectivity index (χ1v) is 10.5. The van der Waals surface area contributed by atoms with E-state index in [9.17, 15) is 0 Å². The van der Waals surface area contributed by atoms with E-state index in [1.165, 1.54) is 0 Å². The van der Waals surface area contributed by atoms with Gasteiger partial charge in [-0.15, -0.1) is 0 Å². The number of hydrogen-bond donors (Lipinski definition) is 1. The van der Waals surface area contributed by atoms with Crippen molar-refractivity contribution in [1.82, 2.24) is 14.9 Å². The number of rotatable bonds is 4. The molecule has 2 aromatic carbocycles. The van der Waals surface area contributed by atoms with Gasteiger partial charge in [-0.1, -0.05) is 35.9 Å². The maximum absolute atomic E-state index is 6.14. The van der Waals surface area contributed by atoms with Crippen molar-refractivity contribution in [3.63, 3.8) is 0 Å². The lowest BCUT2D eigenvalue weighted by Gasteiger charge is -2.29. The molecule has 2 aromatic heterocycles. The summed E-state index contributed by atoms with van der Waals surface area (Å²) < 4.78 is 2.21. The molecule has 2 atom stereocenters. The van der Waals surface area contributed by atoms with Crippen molar-refractivity contribution in [3.05, 3.63) is 114 Å². The molecule has 0 amide bonds. The van der Waals surface area contributed by atoms with Crippen LogP contribution in [0.4, 0.5) is 5.69 Å². The zero-order chi connectivity index (χ0) is 20.5. The Kier molecular flexibility index (Phi) is 4.99. The minimum Gasteiger partial charge on any atom is -0.351 e. The molecule has 0 saturated carbocycles. The highest BCUT2D eigenvalue weighted by Gasteiger charge is 2.42. The van der Waals surface area contributed by atoms with Crippen molar-refractivity contribution in [2.45, 2.75) is 12.1 Å². The first kappa shape index (κ1) is 18.9. The molecule has 0 aliphatic carbocycles. The van der Waals surface area contributed by atoms with E-state index in [4.69, 9.17) is 23.8 Å². The Labute approximate surface area is 185 Å². The Balaban J connectivity index is 1.67. The summed E-state index contributed by atoms with van der Waals surface area (Å²) in [6.07, 6.45) is 3.90. The molecule has 1 fully saturated rings. The van der Waals surface area contributed by atoms with Gasteiger partial charge in [-0.3, -0.25) is 4.98 Å². The van der Waals surface area contributed by atoms with Crippen molar-refractivity contribution >= 4 is 34.6 Å². The summed E-state index contributed by atoms with van der Waals surface area (Å²) in [4.78, 5) is 6.77. The second-order valence-corrected chi connectivity index (χ2v) is 7.93. The van der Waals surface area contributed by atoms with Crippen LogP contribution in [0.25, 0.3) is 5.69 Å². The minimum atomic E-state index is -0.0910. The number of para-hydroxylation sites is 1. The topological polar surface area (TPSA) is 33.1 Å². The highest BCUT2D eigenvalue weighted by Crippen LogP contribution is 2.42. The summed E-state index contributed by atoms with van der Waals surface area (Å²) in [7, 11) is 0. The predicted molar refractivity (Wildman–Crippen MR) is 125 cm³/mol. The van der Waals surface area contributed by atoms with Crippen molar-refractivity contribution in [2.75, 3.05) is 4.90 Å². The number of pyridine rings is 1. The first-order valence-electron chi connectivity index (χ1n) is 9.71. The van der Waals surface area contributed by atoms with Crippen LogP contribution >= 0.6 is 23.8 Å². The van der Waals surface area contributed by atoms with E-state index < -0.39 is 0 Å². The molecule has 0 unspecified atom stereocenters. The molecule has 1 aliphatic heterocycles. The lowest BCUT2D eigenvalue weighted by Crippen LogP contribution is -2.30. The van der Waals surface area contributed by atoms with Crippen LogP contribution in [0.1, 0.15) is 23.5 Å². The standard InChI is InChI=1S/C24H19ClN4S/c25-17-11-13-19(14-12-17)29-23(22(27-24(29)30)20-9-4-5-15-26-20)21-10-6-16-28(21)18-7-2-1-3-8-18/h1-16,22-23H,(H,27,30)/t22-,23-/m0/s1. The highest BCUT2D eigenvalue weighted by molar-refractivity contribution is 7.80.